The van der Waals surface area contributed by atoms with Crippen LogP contribution in [0.1, 0.15) is 29.9 Å². The van der Waals surface area contributed by atoms with Gasteiger partial charge in [0.2, 0.25) is 0 Å². The molecular formula is C18H27N5O3. The summed E-state index contributed by atoms with van der Waals surface area (Å²) < 4.78 is 6.85. The van der Waals surface area contributed by atoms with Gasteiger partial charge in [-0.1, -0.05) is 6.92 Å². The molecule has 0 atom stereocenters. The van der Waals surface area contributed by atoms with E-state index in [4.69, 9.17) is 4.74 Å². The molecule has 2 aromatic rings. The summed E-state index contributed by atoms with van der Waals surface area (Å²) in [5, 5.41) is 2.89. The van der Waals surface area contributed by atoms with Crippen LogP contribution in [0.4, 0.5) is 10.6 Å². The van der Waals surface area contributed by atoms with Crippen LogP contribution in [0.2, 0.25) is 0 Å². The third kappa shape index (κ3) is 4.32. The molecule has 1 N–H and O–H groups in total. The molecule has 0 aliphatic rings. The molecule has 0 bridgehead atoms. The minimum absolute atomic E-state index is 0.162. The van der Waals surface area contributed by atoms with Crippen LogP contribution in [0.15, 0.2) is 18.3 Å². The zero-order valence-electron chi connectivity index (χ0n) is 16.1. The molecule has 0 aliphatic carbocycles. The Morgan fingerprint density at radius 3 is 2.58 bits per heavy atom. The molecule has 0 unspecified atom stereocenters. The van der Waals surface area contributed by atoms with Crippen molar-refractivity contribution in [3.63, 3.8) is 0 Å². The number of hydrogen-bond donors (Lipinski definition) is 1. The van der Waals surface area contributed by atoms with Gasteiger partial charge in [0.25, 0.3) is 5.91 Å². The first kappa shape index (κ1) is 19.7. The molecule has 2 amide bonds. The lowest BCUT2D eigenvalue weighted by Crippen LogP contribution is -2.31. The van der Waals surface area contributed by atoms with Gasteiger partial charge in [-0.15, -0.1) is 0 Å². The number of aromatic nitrogens is 2. The SMILES string of the molecule is CCOC(=O)N(C)c1c(CC)nc2ccc(C(=O)NCCN(C)C)cn12. The van der Waals surface area contributed by atoms with Crippen molar-refractivity contribution in [2.45, 2.75) is 20.3 Å². The van der Waals surface area contributed by atoms with E-state index >= 15 is 0 Å². The highest BCUT2D eigenvalue weighted by molar-refractivity contribution is 5.94. The van der Waals surface area contributed by atoms with E-state index < -0.39 is 6.09 Å². The first-order valence-corrected chi connectivity index (χ1v) is 8.73. The van der Waals surface area contributed by atoms with Crippen molar-refractivity contribution in [3.05, 3.63) is 29.6 Å². The normalized spacial score (nSPS) is 11.0. The second-order valence-electron chi connectivity index (χ2n) is 6.20. The summed E-state index contributed by atoms with van der Waals surface area (Å²) in [6.07, 6.45) is 1.91. The number of amides is 2. The summed E-state index contributed by atoms with van der Waals surface area (Å²) in [5.74, 6) is 0.453. The fraction of sp³-hybridized carbons (Fsp3) is 0.500. The van der Waals surface area contributed by atoms with Gasteiger partial charge in [-0.3, -0.25) is 14.1 Å². The Morgan fingerprint density at radius 2 is 1.96 bits per heavy atom. The molecule has 0 fully saturated rings. The number of imidazole rings is 1. The van der Waals surface area contributed by atoms with Gasteiger partial charge < -0.3 is 15.0 Å². The predicted octanol–water partition coefficient (Wildman–Crippen LogP) is 1.78. The van der Waals surface area contributed by atoms with E-state index in [1.54, 1.807) is 36.7 Å². The number of rotatable bonds is 7. The molecule has 2 rings (SSSR count). The minimum atomic E-state index is -0.454. The fourth-order valence-corrected chi connectivity index (χ4v) is 2.61. The van der Waals surface area contributed by atoms with Crippen LogP contribution in [0.25, 0.3) is 5.65 Å². The maximum absolute atomic E-state index is 12.4. The van der Waals surface area contributed by atoms with Gasteiger partial charge in [-0.2, -0.15) is 0 Å². The number of nitrogens with zero attached hydrogens (tertiary/aromatic N) is 4. The number of carbonyl (C=O) groups excluding carboxylic acids is 2. The van der Waals surface area contributed by atoms with E-state index in [9.17, 15) is 9.59 Å². The first-order valence-electron chi connectivity index (χ1n) is 8.73. The van der Waals surface area contributed by atoms with Gasteiger partial charge in [0.1, 0.15) is 11.5 Å². The Bertz CT molecular complexity index is 784. The van der Waals surface area contributed by atoms with Crippen LogP contribution in [-0.2, 0) is 11.2 Å². The van der Waals surface area contributed by atoms with E-state index in [2.05, 4.69) is 10.3 Å². The largest absolute Gasteiger partial charge is 0.449 e. The molecule has 142 valence electrons. The molecule has 0 saturated carbocycles. The van der Waals surface area contributed by atoms with Crippen LogP contribution >= 0.6 is 0 Å². The summed E-state index contributed by atoms with van der Waals surface area (Å²) in [7, 11) is 5.55. The maximum Gasteiger partial charge on any atom is 0.415 e. The highest BCUT2D eigenvalue weighted by Gasteiger charge is 2.21. The number of fused-ring (bicyclic) bond motifs is 1. The third-order valence-corrected chi connectivity index (χ3v) is 3.96. The molecule has 2 heterocycles. The van der Waals surface area contributed by atoms with Crippen molar-refractivity contribution >= 4 is 23.5 Å². The molecule has 0 radical (unpaired) electrons. The monoisotopic (exact) mass is 361 g/mol. The molecule has 0 spiro atoms. The van der Waals surface area contributed by atoms with Gasteiger partial charge >= 0.3 is 6.09 Å². The minimum Gasteiger partial charge on any atom is -0.449 e. The van der Waals surface area contributed by atoms with Gasteiger partial charge in [0.05, 0.1) is 17.9 Å². The van der Waals surface area contributed by atoms with Gasteiger partial charge in [-0.05, 0) is 39.6 Å². The van der Waals surface area contributed by atoms with Crippen LogP contribution < -0.4 is 10.2 Å². The van der Waals surface area contributed by atoms with Gasteiger partial charge in [0, 0.05) is 26.3 Å². The number of pyridine rings is 1. The van der Waals surface area contributed by atoms with Crippen LogP contribution in [0, 0.1) is 0 Å². The number of carbonyl (C=O) groups is 2. The van der Waals surface area contributed by atoms with Gasteiger partial charge in [-0.25, -0.2) is 9.78 Å². The average Bonchev–Trinajstić information content (AvgIpc) is 2.98. The Morgan fingerprint density at radius 1 is 1.23 bits per heavy atom. The summed E-state index contributed by atoms with van der Waals surface area (Å²) in [4.78, 5) is 32.5. The van der Waals surface area contributed by atoms with E-state index in [0.717, 1.165) is 12.2 Å². The van der Waals surface area contributed by atoms with Gasteiger partial charge in [0.15, 0.2) is 0 Å². The topological polar surface area (TPSA) is 79.2 Å². The standard InChI is InChI=1S/C18H27N5O3/c1-6-14-17(22(5)18(25)26-7-2)23-12-13(8-9-15(23)20-14)16(24)19-10-11-21(3)4/h8-9,12H,6-7,10-11H2,1-5H3,(H,19,24). The van der Waals surface area contributed by atoms with Crippen LogP contribution in [0.3, 0.4) is 0 Å². The molecule has 0 saturated heterocycles. The van der Waals surface area contributed by atoms with Crippen LogP contribution in [-0.4, -0.2) is 67.1 Å². The number of likely N-dealkylation sites (N-methyl/N-ethyl adjacent to an activating group) is 1. The third-order valence-electron chi connectivity index (χ3n) is 3.96. The smallest absolute Gasteiger partial charge is 0.415 e. The molecule has 0 aliphatic heterocycles. The fourth-order valence-electron chi connectivity index (χ4n) is 2.61. The zero-order valence-corrected chi connectivity index (χ0v) is 16.1. The Labute approximate surface area is 153 Å². The molecular weight excluding hydrogens is 334 g/mol. The summed E-state index contributed by atoms with van der Waals surface area (Å²) in [6, 6.07) is 3.52. The number of aryl methyl sites for hydroxylation is 1. The first-order chi connectivity index (χ1) is 12.4. The zero-order chi connectivity index (χ0) is 19.3. The average molecular weight is 361 g/mol. The van der Waals surface area contributed by atoms with E-state index in [-0.39, 0.29) is 5.91 Å². The lowest BCUT2D eigenvalue weighted by Gasteiger charge is -2.17. The van der Waals surface area contributed by atoms with Crippen molar-refractivity contribution in [1.82, 2.24) is 19.6 Å². The lowest BCUT2D eigenvalue weighted by atomic mass is 10.2. The summed E-state index contributed by atoms with van der Waals surface area (Å²) in [5.41, 5.74) is 1.96. The number of ether oxygens (including phenoxy) is 1. The highest BCUT2D eigenvalue weighted by Crippen LogP contribution is 2.23. The van der Waals surface area contributed by atoms with Crippen molar-refractivity contribution in [2.75, 3.05) is 45.7 Å². The summed E-state index contributed by atoms with van der Waals surface area (Å²) >= 11 is 0. The second kappa shape index (κ2) is 8.66. The summed E-state index contributed by atoms with van der Waals surface area (Å²) in [6.45, 7) is 5.34. The molecule has 8 heteroatoms. The van der Waals surface area contributed by atoms with Crippen LogP contribution in [0.5, 0.6) is 0 Å². The molecule has 0 aromatic carbocycles. The number of anilines is 1. The van der Waals surface area contributed by atoms with Crippen molar-refractivity contribution in [2.24, 2.45) is 0 Å². The van der Waals surface area contributed by atoms with Crippen molar-refractivity contribution < 1.29 is 14.3 Å². The Kier molecular flexibility index (Phi) is 6.57. The molecule has 26 heavy (non-hydrogen) atoms. The Balaban J connectivity index is 2.35. The van der Waals surface area contributed by atoms with E-state index in [1.165, 1.54) is 4.90 Å². The molecule has 2 aromatic heterocycles. The lowest BCUT2D eigenvalue weighted by molar-refractivity contribution is 0.0950. The highest BCUT2D eigenvalue weighted by atomic mass is 16.6. The second-order valence-corrected chi connectivity index (χ2v) is 6.20. The quantitative estimate of drug-likeness (QED) is 0.813. The predicted molar refractivity (Wildman–Crippen MR) is 101 cm³/mol. The van der Waals surface area contributed by atoms with Crippen molar-refractivity contribution in [1.29, 1.82) is 0 Å². The maximum atomic E-state index is 12.4. The van der Waals surface area contributed by atoms with E-state index in [1.807, 2.05) is 25.9 Å². The van der Waals surface area contributed by atoms with Crippen molar-refractivity contribution in [3.8, 4) is 0 Å². The Hall–Kier alpha value is -2.61. The molecule has 8 nitrogen and oxygen atoms in total. The number of hydrogen-bond acceptors (Lipinski definition) is 5. The van der Waals surface area contributed by atoms with E-state index in [0.29, 0.717) is 36.6 Å². The number of nitrogens with one attached hydrogen (secondary N) is 1.